The summed E-state index contributed by atoms with van der Waals surface area (Å²) in [5.41, 5.74) is 2.63. The molecule has 0 radical (unpaired) electrons. The first-order chi connectivity index (χ1) is 12.2. The van der Waals surface area contributed by atoms with Crippen LogP contribution in [0.1, 0.15) is 75.3 Å². The van der Waals surface area contributed by atoms with Crippen molar-refractivity contribution in [2.45, 2.75) is 83.3 Å². The molecule has 0 saturated heterocycles. The summed E-state index contributed by atoms with van der Waals surface area (Å²) in [5.74, 6) is 0.843. The van der Waals surface area contributed by atoms with Gasteiger partial charge < -0.3 is 5.32 Å². The molecule has 2 saturated carbocycles. The number of nitrogens with one attached hydrogen (secondary N) is 1. The highest BCUT2D eigenvalue weighted by atomic mass is 16.1. The molecule has 0 heterocycles. The van der Waals surface area contributed by atoms with Crippen molar-refractivity contribution in [1.82, 2.24) is 10.2 Å². The minimum atomic E-state index is 0.224. The molecular weight excluding hydrogens is 308 g/mol. The van der Waals surface area contributed by atoms with E-state index >= 15 is 0 Å². The van der Waals surface area contributed by atoms with Crippen molar-refractivity contribution in [2.75, 3.05) is 7.05 Å². The number of carbonyl (C=O) groups excluding carboxylic acids is 1. The van der Waals surface area contributed by atoms with Crippen molar-refractivity contribution in [3.63, 3.8) is 0 Å². The molecule has 1 aromatic rings. The van der Waals surface area contributed by atoms with Crippen molar-refractivity contribution >= 4 is 5.91 Å². The fraction of sp³-hybridized carbons (Fsp3) is 0.682. The van der Waals surface area contributed by atoms with Gasteiger partial charge in [0.25, 0.3) is 0 Å². The third kappa shape index (κ3) is 5.57. The number of amides is 1. The SMILES string of the molecule is CN(Cc1ccccc1CNC(=O)CC1CCCC1)C1CCCCC1. The molecule has 0 unspecified atom stereocenters. The maximum Gasteiger partial charge on any atom is 0.220 e. The monoisotopic (exact) mass is 342 g/mol. The van der Waals surface area contributed by atoms with Gasteiger partial charge in [0.05, 0.1) is 0 Å². The Balaban J connectivity index is 1.52. The largest absolute Gasteiger partial charge is 0.352 e. The Morgan fingerprint density at radius 3 is 2.36 bits per heavy atom. The number of hydrogen-bond donors (Lipinski definition) is 1. The zero-order valence-corrected chi connectivity index (χ0v) is 15.8. The zero-order chi connectivity index (χ0) is 17.5. The van der Waals surface area contributed by atoms with Crippen LogP contribution in [0.3, 0.4) is 0 Å². The van der Waals surface area contributed by atoms with E-state index in [0.29, 0.717) is 18.9 Å². The average Bonchev–Trinajstić information content (AvgIpc) is 3.14. The molecule has 3 nitrogen and oxygen atoms in total. The maximum atomic E-state index is 12.2. The summed E-state index contributed by atoms with van der Waals surface area (Å²) < 4.78 is 0. The van der Waals surface area contributed by atoms with E-state index in [2.05, 4.69) is 41.5 Å². The quantitative estimate of drug-likeness (QED) is 0.782. The molecule has 3 rings (SSSR count). The second-order valence-corrected chi connectivity index (χ2v) is 8.11. The number of carbonyl (C=O) groups is 1. The third-order valence-electron chi connectivity index (χ3n) is 6.16. The number of nitrogens with zero attached hydrogens (tertiary/aromatic N) is 1. The van der Waals surface area contributed by atoms with Crippen LogP contribution in [0.25, 0.3) is 0 Å². The van der Waals surface area contributed by atoms with Gasteiger partial charge in [-0.05, 0) is 49.8 Å². The van der Waals surface area contributed by atoms with Crippen molar-refractivity contribution < 1.29 is 4.79 Å². The van der Waals surface area contributed by atoms with E-state index < -0.39 is 0 Å². The number of hydrogen-bond acceptors (Lipinski definition) is 2. The Kier molecular flexibility index (Phi) is 6.92. The highest BCUT2D eigenvalue weighted by Gasteiger charge is 2.20. The Morgan fingerprint density at radius 1 is 1.00 bits per heavy atom. The van der Waals surface area contributed by atoms with Crippen molar-refractivity contribution in [2.24, 2.45) is 5.92 Å². The summed E-state index contributed by atoms with van der Waals surface area (Å²) in [6.07, 6.45) is 12.6. The topological polar surface area (TPSA) is 32.3 Å². The van der Waals surface area contributed by atoms with Gasteiger partial charge in [-0.2, -0.15) is 0 Å². The van der Waals surface area contributed by atoms with Gasteiger partial charge >= 0.3 is 0 Å². The molecule has 2 fully saturated rings. The number of benzene rings is 1. The van der Waals surface area contributed by atoms with Crippen LogP contribution < -0.4 is 5.32 Å². The molecule has 25 heavy (non-hydrogen) atoms. The lowest BCUT2D eigenvalue weighted by Gasteiger charge is -2.31. The highest BCUT2D eigenvalue weighted by Crippen LogP contribution is 2.27. The van der Waals surface area contributed by atoms with Crippen LogP contribution in [-0.2, 0) is 17.9 Å². The molecule has 0 atom stereocenters. The van der Waals surface area contributed by atoms with E-state index in [4.69, 9.17) is 0 Å². The van der Waals surface area contributed by atoms with Crippen LogP contribution in [0.15, 0.2) is 24.3 Å². The first-order valence-corrected chi connectivity index (χ1v) is 10.3. The number of rotatable bonds is 7. The molecular formula is C22H34N2O. The van der Waals surface area contributed by atoms with Crippen molar-refractivity contribution in [3.05, 3.63) is 35.4 Å². The molecule has 2 aliphatic carbocycles. The molecule has 3 heteroatoms. The van der Waals surface area contributed by atoms with Crippen molar-refractivity contribution in [3.8, 4) is 0 Å². The second kappa shape index (κ2) is 9.38. The van der Waals surface area contributed by atoms with Gasteiger partial charge in [-0.3, -0.25) is 9.69 Å². The normalized spacial score (nSPS) is 19.4. The molecule has 0 aromatic heterocycles. The Bertz CT molecular complexity index is 545. The summed E-state index contributed by atoms with van der Waals surface area (Å²) in [4.78, 5) is 14.7. The third-order valence-corrected chi connectivity index (χ3v) is 6.16. The summed E-state index contributed by atoms with van der Waals surface area (Å²) >= 11 is 0. The molecule has 1 aromatic carbocycles. The molecule has 0 bridgehead atoms. The van der Waals surface area contributed by atoms with Gasteiger partial charge in [0.2, 0.25) is 5.91 Å². The zero-order valence-electron chi connectivity index (χ0n) is 15.8. The van der Waals surface area contributed by atoms with Gasteiger partial charge in [-0.15, -0.1) is 0 Å². The van der Waals surface area contributed by atoms with E-state index in [1.165, 1.54) is 68.9 Å². The summed E-state index contributed by atoms with van der Waals surface area (Å²) in [7, 11) is 2.26. The molecule has 0 spiro atoms. The van der Waals surface area contributed by atoms with Crippen LogP contribution >= 0.6 is 0 Å². The van der Waals surface area contributed by atoms with Gasteiger partial charge in [0.1, 0.15) is 0 Å². The standard InChI is InChI=1S/C22H34N2O/c1-24(21-13-3-2-4-14-21)17-20-12-8-7-11-19(20)16-23-22(25)15-18-9-5-6-10-18/h7-8,11-12,18,21H,2-6,9-10,13-17H2,1H3,(H,23,25). The lowest BCUT2D eigenvalue weighted by atomic mass is 9.94. The Hall–Kier alpha value is -1.35. The fourth-order valence-electron chi connectivity index (χ4n) is 4.55. The molecule has 1 N–H and O–H groups in total. The summed E-state index contributed by atoms with van der Waals surface area (Å²) in [6, 6.07) is 9.31. The lowest BCUT2D eigenvalue weighted by Crippen LogP contribution is -2.33. The van der Waals surface area contributed by atoms with E-state index in [0.717, 1.165) is 12.6 Å². The minimum Gasteiger partial charge on any atom is -0.352 e. The molecule has 2 aliphatic rings. The first kappa shape index (κ1) is 18.4. The van der Waals surface area contributed by atoms with E-state index in [9.17, 15) is 4.79 Å². The van der Waals surface area contributed by atoms with E-state index in [1.807, 2.05) is 0 Å². The Labute approximate surface area is 153 Å². The van der Waals surface area contributed by atoms with Crippen LogP contribution in [0.4, 0.5) is 0 Å². The molecule has 1 amide bonds. The molecule has 0 aliphatic heterocycles. The fourth-order valence-corrected chi connectivity index (χ4v) is 4.55. The minimum absolute atomic E-state index is 0.224. The maximum absolute atomic E-state index is 12.2. The van der Waals surface area contributed by atoms with Crippen LogP contribution in [-0.4, -0.2) is 23.9 Å². The van der Waals surface area contributed by atoms with Crippen LogP contribution in [0.2, 0.25) is 0 Å². The highest BCUT2D eigenvalue weighted by molar-refractivity contribution is 5.76. The van der Waals surface area contributed by atoms with Gasteiger partial charge in [-0.25, -0.2) is 0 Å². The smallest absolute Gasteiger partial charge is 0.220 e. The van der Waals surface area contributed by atoms with Gasteiger partial charge in [0.15, 0.2) is 0 Å². The summed E-state index contributed by atoms with van der Waals surface area (Å²) in [5, 5.41) is 3.16. The second-order valence-electron chi connectivity index (χ2n) is 8.11. The van der Waals surface area contributed by atoms with Crippen molar-refractivity contribution in [1.29, 1.82) is 0 Å². The lowest BCUT2D eigenvalue weighted by molar-refractivity contribution is -0.122. The van der Waals surface area contributed by atoms with Crippen LogP contribution in [0, 0.1) is 5.92 Å². The predicted octanol–water partition coefficient (Wildman–Crippen LogP) is 4.65. The van der Waals surface area contributed by atoms with E-state index in [-0.39, 0.29) is 5.91 Å². The summed E-state index contributed by atoms with van der Waals surface area (Å²) in [6.45, 7) is 1.65. The first-order valence-electron chi connectivity index (χ1n) is 10.3. The van der Waals surface area contributed by atoms with E-state index in [1.54, 1.807) is 0 Å². The van der Waals surface area contributed by atoms with Gasteiger partial charge in [-0.1, -0.05) is 56.4 Å². The Morgan fingerprint density at radius 2 is 1.64 bits per heavy atom. The molecule has 138 valence electrons. The van der Waals surface area contributed by atoms with Gasteiger partial charge in [0, 0.05) is 25.6 Å². The average molecular weight is 343 g/mol. The van der Waals surface area contributed by atoms with Crippen LogP contribution in [0.5, 0.6) is 0 Å². The predicted molar refractivity (Wildman–Crippen MR) is 103 cm³/mol.